The van der Waals surface area contributed by atoms with Gasteiger partial charge in [0.15, 0.2) is 11.7 Å². The molecule has 0 heterocycles. The zero-order chi connectivity index (χ0) is 9.64. The van der Waals surface area contributed by atoms with E-state index in [9.17, 15) is 8.78 Å². The molecule has 2 unspecified atom stereocenters. The van der Waals surface area contributed by atoms with Crippen molar-refractivity contribution in [2.45, 2.75) is 24.4 Å². The van der Waals surface area contributed by atoms with Crippen molar-refractivity contribution in [2.24, 2.45) is 17.4 Å². The monoisotopic (exact) mass is 186 g/mol. The standard InChI is InChI=1S/C9H12F2N2/c10-6-3-4-9(13,5-1-2-5)8(12)7(6)11/h3-5,8H,1-2,12-13H2. The second-order valence-electron chi connectivity index (χ2n) is 3.78. The number of hydrogen-bond acceptors (Lipinski definition) is 2. The van der Waals surface area contributed by atoms with Crippen molar-refractivity contribution < 1.29 is 8.78 Å². The normalized spacial score (nSPS) is 39.8. The van der Waals surface area contributed by atoms with E-state index >= 15 is 0 Å². The van der Waals surface area contributed by atoms with Gasteiger partial charge in [-0.3, -0.25) is 0 Å². The summed E-state index contributed by atoms with van der Waals surface area (Å²) in [6.45, 7) is 0. The molecular weight excluding hydrogens is 174 g/mol. The van der Waals surface area contributed by atoms with Crippen LogP contribution in [0.3, 0.4) is 0 Å². The van der Waals surface area contributed by atoms with Crippen LogP contribution in [0.25, 0.3) is 0 Å². The van der Waals surface area contributed by atoms with E-state index in [0.717, 1.165) is 18.9 Å². The SMILES string of the molecule is NC1C(F)=C(F)C=CC1(N)C1CC1. The van der Waals surface area contributed by atoms with Gasteiger partial charge in [-0.15, -0.1) is 0 Å². The maximum Gasteiger partial charge on any atom is 0.156 e. The molecule has 0 aromatic carbocycles. The third-order valence-corrected chi connectivity index (χ3v) is 2.84. The summed E-state index contributed by atoms with van der Waals surface area (Å²) in [5, 5.41) is 0. The molecule has 0 spiro atoms. The number of rotatable bonds is 1. The number of hydrogen-bond donors (Lipinski definition) is 2. The lowest BCUT2D eigenvalue weighted by molar-refractivity contribution is 0.340. The molecule has 2 rings (SSSR count). The van der Waals surface area contributed by atoms with Crippen LogP contribution in [0, 0.1) is 5.92 Å². The first-order chi connectivity index (χ1) is 6.05. The largest absolute Gasteiger partial charge is 0.320 e. The summed E-state index contributed by atoms with van der Waals surface area (Å²) in [5.41, 5.74) is 10.6. The van der Waals surface area contributed by atoms with Gasteiger partial charge in [-0.2, -0.15) is 0 Å². The smallest absolute Gasteiger partial charge is 0.156 e. The van der Waals surface area contributed by atoms with Crippen LogP contribution in [-0.4, -0.2) is 11.6 Å². The van der Waals surface area contributed by atoms with E-state index in [2.05, 4.69) is 0 Å². The zero-order valence-electron chi connectivity index (χ0n) is 7.13. The molecule has 2 nitrogen and oxygen atoms in total. The summed E-state index contributed by atoms with van der Waals surface area (Å²) in [5.74, 6) is -1.61. The Kier molecular flexibility index (Phi) is 1.78. The molecule has 2 aliphatic carbocycles. The summed E-state index contributed by atoms with van der Waals surface area (Å²) in [4.78, 5) is 0. The van der Waals surface area contributed by atoms with Gasteiger partial charge < -0.3 is 11.5 Å². The molecule has 0 bridgehead atoms. The van der Waals surface area contributed by atoms with Crippen molar-refractivity contribution in [1.29, 1.82) is 0 Å². The second kappa shape index (κ2) is 2.62. The first-order valence-electron chi connectivity index (χ1n) is 4.34. The molecule has 4 heteroatoms. The molecule has 1 fully saturated rings. The van der Waals surface area contributed by atoms with E-state index in [-0.39, 0.29) is 5.92 Å². The topological polar surface area (TPSA) is 52.0 Å². The maximum atomic E-state index is 13.1. The van der Waals surface area contributed by atoms with Gasteiger partial charge in [0.25, 0.3) is 0 Å². The van der Waals surface area contributed by atoms with Crippen molar-refractivity contribution in [3.8, 4) is 0 Å². The minimum atomic E-state index is -1.02. The molecule has 0 radical (unpaired) electrons. The van der Waals surface area contributed by atoms with Crippen LogP contribution in [0.4, 0.5) is 8.78 Å². The van der Waals surface area contributed by atoms with Gasteiger partial charge in [-0.25, -0.2) is 8.78 Å². The van der Waals surface area contributed by atoms with Gasteiger partial charge in [0.2, 0.25) is 0 Å². The van der Waals surface area contributed by atoms with Crippen LogP contribution in [0.1, 0.15) is 12.8 Å². The fraction of sp³-hybridized carbons (Fsp3) is 0.556. The molecule has 13 heavy (non-hydrogen) atoms. The van der Waals surface area contributed by atoms with Crippen LogP contribution in [-0.2, 0) is 0 Å². The predicted molar refractivity (Wildman–Crippen MR) is 46.0 cm³/mol. The Morgan fingerprint density at radius 1 is 1.38 bits per heavy atom. The van der Waals surface area contributed by atoms with Crippen molar-refractivity contribution in [3.05, 3.63) is 23.8 Å². The quantitative estimate of drug-likeness (QED) is 0.645. The molecule has 0 aromatic heterocycles. The summed E-state index contributed by atoms with van der Waals surface area (Å²) >= 11 is 0. The fourth-order valence-corrected chi connectivity index (χ4v) is 1.74. The zero-order valence-corrected chi connectivity index (χ0v) is 7.13. The van der Waals surface area contributed by atoms with E-state index < -0.39 is 23.2 Å². The van der Waals surface area contributed by atoms with E-state index in [4.69, 9.17) is 11.5 Å². The Hall–Kier alpha value is -0.740. The average Bonchev–Trinajstić information content (AvgIpc) is 2.91. The first-order valence-corrected chi connectivity index (χ1v) is 4.34. The van der Waals surface area contributed by atoms with E-state index in [0.29, 0.717) is 0 Å². The van der Waals surface area contributed by atoms with Crippen LogP contribution >= 0.6 is 0 Å². The number of nitrogens with two attached hydrogens (primary N) is 2. The maximum absolute atomic E-state index is 13.1. The minimum absolute atomic E-state index is 0.206. The Bertz CT molecular complexity index is 294. The molecule has 0 amide bonds. The average molecular weight is 186 g/mol. The molecule has 0 saturated heterocycles. The summed E-state index contributed by atoms with van der Waals surface area (Å²) < 4.78 is 25.8. The van der Waals surface area contributed by atoms with Gasteiger partial charge in [0.05, 0.1) is 11.6 Å². The minimum Gasteiger partial charge on any atom is -0.320 e. The molecular formula is C9H12F2N2. The van der Waals surface area contributed by atoms with Gasteiger partial charge >= 0.3 is 0 Å². The van der Waals surface area contributed by atoms with E-state index in [1.165, 1.54) is 6.08 Å². The molecule has 72 valence electrons. The van der Waals surface area contributed by atoms with Gasteiger partial charge in [-0.05, 0) is 24.8 Å². The van der Waals surface area contributed by atoms with Crippen LogP contribution in [0.2, 0.25) is 0 Å². The van der Waals surface area contributed by atoms with E-state index in [1.807, 2.05) is 0 Å². The van der Waals surface area contributed by atoms with Crippen molar-refractivity contribution in [2.75, 3.05) is 0 Å². The highest BCUT2D eigenvalue weighted by Crippen LogP contribution is 2.44. The fourth-order valence-electron chi connectivity index (χ4n) is 1.74. The Labute approximate surface area is 75.3 Å². The molecule has 4 N–H and O–H groups in total. The van der Waals surface area contributed by atoms with Crippen molar-refractivity contribution in [3.63, 3.8) is 0 Å². The first kappa shape index (κ1) is 8.84. The van der Waals surface area contributed by atoms with Crippen LogP contribution < -0.4 is 11.5 Å². The van der Waals surface area contributed by atoms with Crippen LogP contribution in [0.5, 0.6) is 0 Å². The summed E-state index contributed by atoms with van der Waals surface area (Å²) in [6.07, 6.45) is 4.47. The van der Waals surface area contributed by atoms with Crippen molar-refractivity contribution >= 4 is 0 Å². The second-order valence-corrected chi connectivity index (χ2v) is 3.78. The molecule has 2 atom stereocenters. The lowest BCUT2D eigenvalue weighted by Crippen LogP contribution is -2.57. The van der Waals surface area contributed by atoms with Crippen molar-refractivity contribution in [1.82, 2.24) is 0 Å². The summed E-state index contributed by atoms with van der Waals surface area (Å²) in [6, 6.07) is -1.02. The van der Waals surface area contributed by atoms with Gasteiger partial charge in [0, 0.05) is 0 Å². The lowest BCUT2D eigenvalue weighted by atomic mass is 9.82. The summed E-state index contributed by atoms with van der Waals surface area (Å²) in [7, 11) is 0. The molecule has 0 aromatic rings. The molecule has 2 aliphatic rings. The number of halogens is 2. The number of allylic oxidation sites excluding steroid dienone is 2. The third kappa shape index (κ3) is 1.21. The Morgan fingerprint density at radius 2 is 2.00 bits per heavy atom. The highest BCUT2D eigenvalue weighted by Gasteiger charge is 2.48. The Balaban J connectivity index is 2.31. The Morgan fingerprint density at radius 3 is 2.54 bits per heavy atom. The molecule has 1 saturated carbocycles. The van der Waals surface area contributed by atoms with E-state index in [1.54, 1.807) is 0 Å². The third-order valence-electron chi connectivity index (χ3n) is 2.84. The molecule has 0 aliphatic heterocycles. The highest BCUT2D eigenvalue weighted by molar-refractivity contribution is 5.35. The van der Waals surface area contributed by atoms with Gasteiger partial charge in [0.1, 0.15) is 0 Å². The highest BCUT2D eigenvalue weighted by atomic mass is 19.2. The van der Waals surface area contributed by atoms with Crippen LogP contribution in [0.15, 0.2) is 23.8 Å². The lowest BCUT2D eigenvalue weighted by Gasteiger charge is -2.33. The predicted octanol–water partition coefficient (Wildman–Crippen LogP) is 1.14. The van der Waals surface area contributed by atoms with Gasteiger partial charge in [-0.1, -0.05) is 6.08 Å².